The fraction of sp³-hybridized carbons (Fsp3) is 0.621. The van der Waals surface area contributed by atoms with E-state index in [0.717, 1.165) is 36.6 Å². The lowest BCUT2D eigenvalue weighted by molar-refractivity contribution is -0.140. The van der Waals surface area contributed by atoms with Crippen LogP contribution in [-0.4, -0.2) is 79.3 Å². The number of para-hydroxylation sites is 1. The van der Waals surface area contributed by atoms with Crippen LogP contribution in [0.5, 0.6) is 0 Å². The largest absolute Gasteiger partial charge is 0.356 e. The van der Waals surface area contributed by atoms with Gasteiger partial charge in [-0.1, -0.05) is 38.8 Å². The molecule has 3 amide bonds. The molecule has 228 valence electrons. The van der Waals surface area contributed by atoms with Gasteiger partial charge in [0.1, 0.15) is 12.1 Å². The number of fused-ring (bicyclic) bond motifs is 1. The molecule has 0 unspecified atom stereocenters. The molecule has 13 heteroatoms. The molecule has 2 saturated heterocycles. The van der Waals surface area contributed by atoms with E-state index in [1.165, 1.54) is 16.2 Å². The summed E-state index contributed by atoms with van der Waals surface area (Å²) in [5.74, 6) is -2.20. The Morgan fingerprint density at radius 1 is 1.19 bits per heavy atom. The molecule has 3 fully saturated rings. The minimum atomic E-state index is -3.69. The summed E-state index contributed by atoms with van der Waals surface area (Å²) >= 11 is 1.24. The number of amides is 3. The van der Waals surface area contributed by atoms with Crippen LogP contribution in [0.25, 0.3) is 10.2 Å². The summed E-state index contributed by atoms with van der Waals surface area (Å²) < 4.78 is 27.5. The van der Waals surface area contributed by atoms with Crippen LogP contribution in [0.3, 0.4) is 0 Å². The van der Waals surface area contributed by atoms with Crippen LogP contribution in [0.2, 0.25) is 0 Å². The first-order valence-electron chi connectivity index (χ1n) is 14.6. The Hall–Kier alpha value is -2.90. The number of nitrogens with zero attached hydrogens (tertiary/aromatic N) is 2. The van der Waals surface area contributed by atoms with Crippen LogP contribution >= 0.6 is 11.3 Å². The van der Waals surface area contributed by atoms with Gasteiger partial charge in [-0.15, -0.1) is 11.3 Å². The standard InChI is InChI=1S/C29H39N5O6S2/c1-17(2)23(33-42(3,39)40)28(38)34-16-29(11-6-7-12-29)15-21(34)26(37)31-20(14-18-10-13-30-25(18)36)24(35)27-32-19-8-4-5-9-22(19)41-27/h4-5,8-9,17-18,20-21,23,33H,6-7,10-16H2,1-3H3,(H,30,36)(H,31,37)/t18-,20-,21-,23-/m0/s1. The van der Waals surface area contributed by atoms with E-state index in [1.807, 2.05) is 24.3 Å². The highest BCUT2D eigenvalue weighted by atomic mass is 32.2. The number of carbonyl (C=O) groups is 4. The number of hydrogen-bond acceptors (Lipinski definition) is 8. The number of aromatic nitrogens is 1. The second-order valence-electron chi connectivity index (χ2n) is 12.4. The van der Waals surface area contributed by atoms with Gasteiger partial charge in [0.05, 0.1) is 22.5 Å². The third kappa shape index (κ3) is 6.52. The van der Waals surface area contributed by atoms with Crippen molar-refractivity contribution in [2.24, 2.45) is 17.3 Å². The molecular formula is C29H39N5O6S2. The highest BCUT2D eigenvalue weighted by Crippen LogP contribution is 2.48. The predicted octanol–water partition coefficient (Wildman–Crippen LogP) is 2.23. The lowest BCUT2D eigenvalue weighted by atomic mass is 9.83. The van der Waals surface area contributed by atoms with Crippen molar-refractivity contribution in [3.63, 3.8) is 0 Å². The zero-order valence-electron chi connectivity index (χ0n) is 24.2. The van der Waals surface area contributed by atoms with Crippen molar-refractivity contribution in [2.45, 2.75) is 76.9 Å². The minimum absolute atomic E-state index is 0.127. The van der Waals surface area contributed by atoms with Gasteiger partial charge < -0.3 is 15.5 Å². The van der Waals surface area contributed by atoms with Crippen LogP contribution in [0, 0.1) is 17.3 Å². The quantitative estimate of drug-likeness (QED) is 0.346. The van der Waals surface area contributed by atoms with Crippen LogP contribution in [-0.2, 0) is 24.4 Å². The fourth-order valence-corrected chi connectivity index (χ4v) is 8.47. The zero-order valence-corrected chi connectivity index (χ0v) is 25.9. The first-order valence-corrected chi connectivity index (χ1v) is 17.3. The zero-order chi connectivity index (χ0) is 30.2. The van der Waals surface area contributed by atoms with Gasteiger partial charge in [0, 0.05) is 19.0 Å². The van der Waals surface area contributed by atoms with E-state index in [4.69, 9.17) is 0 Å². The molecule has 1 aliphatic carbocycles. The molecule has 1 aromatic heterocycles. The molecule has 0 radical (unpaired) electrons. The first-order chi connectivity index (χ1) is 19.9. The second-order valence-corrected chi connectivity index (χ2v) is 15.2. The topological polar surface area (TPSA) is 155 Å². The summed E-state index contributed by atoms with van der Waals surface area (Å²) in [6.07, 6.45) is 5.90. The van der Waals surface area contributed by atoms with Gasteiger partial charge in [0.15, 0.2) is 5.01 Å². The molecular weight excluding hydrogens is 578 g/mol. The SMILES string of the molecule is CC(C)[C@H](NS(C)(=O)=O)C(=O)N1CC2(CCCC2)C[C@H]1C(=O)N[C@@H](C[C@@H]1CCNC1=O)C(=O)c1nc2ccccc2s1. The molecule has 5 rings (SSSR count). The van der Waals surface area contributed by atoms with E-state index >= 15 is 0 Å². The molecule has 11 nitrogen and oxygen atoms in total. The molecule has 3 N–H and O–H groups in total. The van der Waals surface area contributed by atoms with E-state index in [-0.39, 0.29) is 34.5 Å². The van der Waals surface area contributed by atoms with Gasteiger partial charge >= 0.3 is 0 Å². The monoisotopic (exact) mass is 617 g/mol. The third-order valence-electron chi connectivity index (χ3n) is 8.85. The molecule has 3 aliphatic rings. The summed E-state index contributed by atoms with van der Waals surface area (Å²) in [5, 5.41) is 5.97. The van der Waals surface area contributed by atoms with Crippen molar-refractivity contribution in [2.75, 3.05) is 19.3 Å². The van der Waals surface area contributed by atoms with Gasteiger partial charge in [0.2, 0.25) is 33.5 Å². The number of rotatable bonds is 10. The maximum Gasteiger partial charge on any atom is 0.243 e. The highest BCUT2D eigenvalue weighted by molar-refractivity contribution is 7.88. The van der Waals surface area contributed by atoms with Crippen LogP contribution < -0.4 is 15.4 Å². The van der Waals surface area contributed by atoms with Crippen molar-refractivity contribution in [1.82, 2.24) is 25.2 Å². The van der Waals surface area contributed by atoms with Crippen molar-refractivity contribution in [1.29, 1.82) is 0 Å². The molecule has 2 aliphatic heterocycles. The average Bonchev–Trinajstić information content (AvgIpc) is 3.73. The molecule has 42 heavy (non-hydrogen) atoms. The molecule has 0 bridgehead atoms. The van der Waals surface area contributed by atoms with Gasteiger partial charge in [-0.25, -0.2) is 18.1 Å². The number of ketones is 1. The van der Waals surface area contributed by atoms with Gasteiger partial charge in [0.25, 0.3) is 0 Å². The number of Topliss-reactive ketones (excluding diaryl/α,β-unsaturated/α-hetero) is 1. The Morgan fingerprint density at radius 3 is 2.52 bits per heavy atom. The number of thiazole rings is 1. The maximum atomic E-state index is 14.0. The summed E-state index contributed by atoms with van der Waals surface area (Å²) in [4.78, 5) is 60.2. The number of benzene rings is 1. The Balaban J connectivity index is 1.43. The Labute approximate surface area is 250 Å². The maximum absolute atomic E-state index is 14.0. The van der Waals surface area contributed by atoms with Crippen LogP contribution in [0.15, 0.2) is 24.3 Å². The first kappa shape index (κ1) is 30.6. The average molecular weight is 618 g/mol. The van der Waals surface area contributed by atoms with Crippen LogP contribution in [0.4, 0.5) is 0 Å². The van der Waals surface area contributed by atoms with Gasteiger partial charge in [-0.2, -0.15) is 0 Å². The van der Waals surface area contributed by atoms with Gasteiger partial charge in [-0.3, -0.25) is 19.2 Å². The lowest BCUT2D eigenvalue weighted by Crippen LogP contribution is -2.56. The Kier molecular flexibility index (Phi) is 8.73. The Bertz CT molecular complexity index is 1450. The van der Waals surface area contributed by atoms with Crippen molar-refractivity contribution in [3.8, 4) is 0 Å². The molecule has 2 aromatic rings. The lowest BCUT2D eigenvalue weighted by Gasteiger charge is -2.31. The van der Waals surface area contributed by atoms with E-state index in [2.05, 4.69) is 20.3 Å². The number of nitrogens with one attached hydrogen (secondary N) is 3. The second kappa shape index (κ2) is 12.0. The summed E-state index contributed by atoms with van der Waals surface area (Å²) in [5.41, 5.74) is 0.464. The van der Waals surface area contributed by atoms with Crippen molar-refractivity contribution in [3.05, 3.63) is 29.3 Å². The fourth-order valence-electron chi connectivity index (χ4n) is 6.67. The molecule has 1 saturated carbocycles. The molecule has 1 aromatic carbocycles. The normalized spacial score (nSPS) is 23.4. The summed E-state index contributed by atoms with van der Waals surface area (Å²) in [7, 11) is -3.69. The van der Waals surface area contributed by atoms with E-state index in [9.17, 15) is 27.6 Å². The van der Waals surface area contributed by atoms with E-state index < -0.39 is 45.9 Å². The predicted molar refractivity (Wildman–Crippen MR) is 159 cm³/mol. The number of sulfonamides is 1. The van der Waals surface area contributed by atoms with E-state index in [1.54, 1.807) is 13.8 Å². The number of likely N-dealkylation sites (tertiary alicyclic amines) is 1. The number of hydrogen-bond donors (Lipinski definition) is 3. The summed E-state index contributed by atoms with van der Waals surface area (Å²) in [6.45, 7) is 4.39. The third-order valence-corrected chi connectivity index (χ3v) is 10.6. The van der Waals surface area contributed by atoms with Crippen LogP contribution in [0.1, 0.15) is 68.6 Å². The smallest absolute Gasteiger partial charge is 0.243 e. The highest BCUT2D eigenvalue weighted by Gasteiger charge is 2.51. The molecule has 3 heterocycles. The van der Waals surface area contributed by atoms with Crippen molar-refractivity contribution < 1.29 is 27.6 Å². The Morgan fingerprint density at radius 2 is 1.90 bits per heavy atom. The minimum Gasteiger partial charge on any atom is -0.356 e. The summed E-state index contributed by atoms with van der Waals surface area (Å²) in [6, 6.07) is 4.52. The molecule has 4 atom stereocenters. The van der Waals surface area contributed by atoms with E-state index in [0.29, 0.717) is 31.4 Å². The number of carbonyl (C=O) groups excluding carboxylic acids is 4. The van der Waals surface area contributed by atoms with Crippen molar-refractivity contribution >= 4 is 55.1 Å². The molecule has 1 spiro atoms. The van der Waals surface area contributed by atoms with Gasteiger partial charge in [-0.05, 0) is 55.6 Å².